The molecule has 4 rings (SSSR count). The number of halogens is 2. The lowest BCUT2D eigenvalue weighted by atomic mass is 9.68. The summed E-state index contributed by atoms with van der Waals surface area (Å²) in [4.78, 5) is 0. The van der Waals surface area contributed by atoms with Crippen LogP contribution in [0.4, 0.5) is 8.78 Å². The number of allylic oxidation sites excluding steroid dienone is 1. The molecule has 0 bridgehead atoms. The fourth-order valence-corrected chi connectivity index (χ4v) is 3.24. The summed E-state index contributed by atoms with van der Waals surface area (Å²) in [6, 6.07) is 12.9. The Morgan fingerprint density at radius 2 is 1.43 bits per heavy atom. The smallest absolute Gasteiger partial charge is 0.123 e. The third-order valence-corrected chi connectivity index (χ3v) is 4.47. The third-order valence-electron chi connectivity index (χ3n) is 4.47. The quantitative estimate of drug-likeness (QED) is 0.753. The molecule has 2 aromatic carbocycles. The summed E-state index contributed by atoms with van der Waals surface area (Å²) in [5.74, 6) is -0.546. The molecule has 0 aliphatic heterocycles. The van der Waals surface area contributed by atoms with Gasteiger partial charge in [-0.05, 0) is 35.4 Å². The summed E-state index contributed by atoms with van der Waals surface area (Å²) in [5.41, 5.74) is 3.51. The number of aromatic nitrogens is 2. The minimum absolute atomic E-state index is 0.273. The van der Waals surface area contributed by atoms with Crippen LogP contribution in [0.3, 0.4) is 0 Å². The van der Waals surface area contributed by atoms with E-state index < -0.39 is 5.41 Å². The van der Waals surface area contributed by atoms with Crippen molar-refractivity contribution in [1.82, 2.24) is 10.2 Å². The largest absolute Gasteiger partial charge is 0.282 e. The number of aromatic amines is 1. The molecule has 0 saturated heterocycles. The van der Waals surface area contributed by atoms with Gasteiger partial charge in [-0.2, -0.15) is 5.10 Å². The summed E-state index contributed by atoms with van der Waals surface area (Å²) in [7, 11) is 0. The number of rotatable bonds is 2. The predicted molar refractivity (Wildman–Crippen MR) is 84.9 cm³/mol. The first kappa shape index (κ1) is 13.9. The van der Waals surface area contributed by atoms with Gasteiger partial charge < -0.3 is 0 Å². The van der Waals surface area contributed by atoms with Gasteiger partial charge in [0.05, 0.1) is 6.20 Å². The van der Waals surface area contributed by atoms with Gasteiger partial charge in [0.2, 0.25) is 0 Å². The molecule has 0 radical (unpaired) electrons. The first-order chi connectivity index (χ1) is 11.2. The molecule has 0 unspecified atom stereocenters. The number of hydrogen-bond donors (Lipinski definition) is 1. The average Bonchev–Trinajstić information content (AvgIpc) is 3.03. The Balaban J connectivity index is 1.91. The van der Waals surface area contributed by atoms with E-state index in [-0.39, 0.29) is 11.6 Å². The average molecular weight is 308 g/mol. The Morgan fingerprint density at radius 3 is 2.00 bits per heavy atom. The van der Waals surface area contributed by atoms with Crippen LogP contribution in [0.15, 0.2) is 60.8 Å². The molecule has 0 amide bonds. The third kappa shape index (κ3) is 2.27. The monoisotopic (exact) mass is 308 g/mol. The second-order valence-electron chi connectivity index (χ2n) is 5.80. The van der Waals surface area contributed by atoms with Gasteiger partial charge in [-0.25, -0.2) is 8.78 Å². The predicted octanol–water partition coefficient (Wildman–Crippen LogP) is 4.24. The van der Waals surface area contributed by atoms with E-state index in [4.69, 9.17) is 0 Å². The van der Waals surface area contributed by atoms with Gasteiger partial charge in [-0.1, -0.05) is 36.4 Å². The fourth-order valence-electron chi connectivity index (χ4n) is 3.24. The highest BCUT2D eigenvalue weighted by Crippen LogP contribution is 2.41. The number of fused-ring (bicyclic) bond motifs is 1. The lowest BCUT2D eigenvalue weighted by molar-refractivity contribution is 0.599. The molecule has 1 aliphatic carbocycles. The highest BCUT2D eigenvalue weighted by Gasteiger charge is 2.35. The first-order valence-corrected chi connectivity index (χ1v) is 7.41. The maximum absolute atomic E-state index is 13.3. The van der Waals surface area contributed by atoms with E-state index in [1.165, 1.54) is 24.3 Å². The van der Waals surface area contributed by atoms with Gasteiger partial charge >= 0.3 is 0 Å². The van der Waals surface area contributed by atoms with Crippen molar-refractivity contribution in [2.45, 2.75) is 11.8 Å². The highest BCUT2D eigenvalue weighted by molar-refractivity contribution is 5.62. The van der Waals surface area contributed by atoms with Crippen molar-refractivity contribution < 1.29 is 8.78 Å². The van der Waals surface area contributed by atoms with Crippen LogP contribution in [0.25, 0.3) is 6.08 Å². The second kappa shape index (κ2) is 5.16. The van der Waals surface area contributed by atoms with Crippen molar-refractivity contribution in [1.29, 1.82) is 0 Å². The zero-order chi connectivity index (χ0) is 15.9. The van der Waals surface area contributed by atoms with Gasteiger partial charge in [-0.3, -0.25) is 5.10 Å². The number of H-pyrrole nitrogens is 1. The van der Waals surface area contributed by atoms with Crippen LogP contribution in [-0.2, 0) is 11.8 Å². The Morgan fingerprint density at radius 1 is 0.870 bits per heavy atom. The molecule has 0 atom stereocenters. The normalized spacial score (nSPS) is 15.4. The van der Waals surface area contributed by atoms with Gasteiger partial charge in [0.25, 0.3) is 0 Å². The van der Waals surface area contributed by atoms with Crippen LogP contribution >= 0.6 is 0 Å². The highest BCUT2D eigenvalue weighted by atomic mass is 19.1. The Kier molecular flexibility index (Phi) is 3.11. The molecule has 114 valence electrons. The second-order valence-corrected chi connectivity index (χ2v) is 5.80. The molecular weight excluding hydrogens is 294 g/mol. The number of nitrogens with one attached hydrogen (secondary N) is 1. The standard InChI is InChI=1S/C19H14F2N2/c20-16-5-1-14(2-6-16)19(15-3-7-17(21)8-4-15)10-9-13-12-22-23-18(13)11-19/h1-10,12H,11H2,(H,22,23). The van der Waals surface area contributed by atoms with E-state index in [0.29, 0.717) is 6.42 Å². The molecule has 1 heterocycles. The topological polar surface area (TPSA) is 28.7 Å². The van der Waals surface area contributed by atoms with Crippen molar-refractivity contribution in [3.05, 3.63) is 94.8 Å². The molecule has 0 fully saturated rings. The summed E-state index contributed by atoms with van der Waals surface area (Å²) >= 11 is 0. The van der Waals surface area contributed by atoms with E-state index in [0.717, 1.165) is 22.4 Å². The summed E-state index contributed by atoms with van der Waals surface area (Å²) in [6.07, 6.45) is 6.54. The van der Waals surface area contributed by atoms with Gasteiger partial charge in [0.15, 0.2) is 0 Å². The molecule has 1 N–H and O–H groups in total. The summed E-state index contributed by atoms with van der Waals surface area (Å²) < 4.78 is 26.7. The van der Waals surface area contributed by atoms with E-state index in [9.17, 15) is 8.78 Å². The zero-order valence-electron chi connectivity index (χ0n) is 12.3. The van der Waals surface area contributed by atoms with E-state index in [2.05, 4.69) is 16.3 Å². The van der Waals surface area contributed by atoms with Crippen LogP contribution in [-0.4, -0.2) is 10.2 Å². The Labute approximate surface area is 132 Å². The van der Waals surface area contributed by atoms with Crippen LogP contribution in [0.1, 0.15) is 22.4 Å². The Hall–Kier alpha value is -2.75. The molecule has 23 heavy (non-hydrogen) atoms. The van der Waals surface area contributed by atoms with Crippen LogP contribution in [0.5, 0.6) is 0 Å². The lowest BCUT2D eigenvalue weighted by Crippen LogP contribution is -2.30. The maximum atomic E-state index is 13.3. The van der Waals surface area contributed by atoms with E-state index in [1.54, 1.807) is 30.5 Å². The van der Waals surface area contributed by atoms with E-state index in [1.807, 2.05) is 6.08 Å². The van der Waals surface area contributed by atoms with Crippen molar-refractivity contribution in [3.63, 3.8) is 0 Å². The lowest BCUT2D eigenvalue weighted by Gasteiger charge is -2.34. The molecule has 1 aromatic heterocycles. The molecule has 1 aliphatic rings. The number of hydrogen-bond acceptors (Lipinski definition) is 1. The van der Waals surface area contributed by atoms with Gasteiger partial charge in [-0.15, -0.1) is 0 Å². The van der Waals surface area contributed by atoms with Crippen molar-refractivity contribution in [2.24, 2.45) is 0 Å². The zero-order valence-corrected chi connectivity index (χ0v) is 12.3. The summed E-state index contributed by atoms with van der Waals surface area (Å²) in [5, 5.41) is 7.11. The molecule has 0 saturated carbocycles. The van der Waals surface area contributed by atoms with Gasteiger partial charge in [0, 0.05) is 23.1 Å². The molecule has 3 aromatic rings. The van der Waals surface area contributed by atoms with Crippen molar-refractivity contribution in [3.8, 4) is 0 Å². The molecular formula is C19H14F2N2. The fraction of sp³-hybridized carbons (Fsp3) is 0.105. The minimum atomic E-state index is -0.471. The summed E-state index contributed by atoms with van der Waals surface area (Å²) in [6.45, 7) is 0. The van der Waals surface area contributed by atoms with Crippen LogP contribution in [0, 0.1) is 11.6 Å². The van der Waals surface area contributed by atoms with Crippen molar-refractivity contribution in [2.75, 3.05) is 0 Å². The Bertz CT molecular complexity index is 816. The number of benzene rings is 2. The molecule has 4 heteroatoms. The molecule has 0 spiro atoms. The van der Waals surface area contributed by atoms with E-state index >= 15 is 0 Å². The van der Waals surface area contributed by atoms with Crippen LogP contribution in [0.2, 0.25) is 0 Å². The first-order valence-electron chi connectivity index (χ1n) is 7.41. The molecule has 2 nitrogen and oxygen atoms in total. The number of nitrogens with zero attached hydrogens (tertiary/aromatic N) is 1. The van der Waals surface area contributed by atoms with Gasteiger partial charge in [0.1, 0.15) is 11.6 Å². The maximum Gasteiger partial charge on any atom is 0.123 e. The van der Waals surface area contributed by atoms with Crippen LogP contribution < -0.4 is 0 Å². The van der Waals surface area contributed by atoms with Crippen molar-refractivity contribution >= 4 is 6.08 Å². The SMILES string of the molecule is Fc1ccc(C2(c3ccc(F)cc3)C=Cc3cn[nH]c3C2)cc1. The minimum Gasteiger partial charge on any atom is -0.282 e.